The first-order chi connectivity index (χ1) is 20.4. The van der Waals surface area contributed by atoms with Crippen LogP contribution in [0.1, 0.15) is 76.0 Å². The van der Waals surface area contributed by atoms with Gasteiger partial charge in [0.2, 0.25) is 11.8 Å². The van der Waals surface area contributed by atoms with Gasteiger partial charge in [-0.05, 0) is 97.8 Å². The van der Waals surface area contributed by atoms with Crippen molar-refractivity contribution in [2.45, 2.75) is 83.2 Å². The highest BCUT2D eigenvalue weighted by molar-refractivity contribution is 6.43. The summed E-state index contributed by atoms with van der Waals surface area (Å²) in [6.45, 7) is 2.08. The number of aromatic nitrogens is 1. The highest BCUT2D eigenvalue weighted by Gasteiger charge is 2.58. The minimum absolute atomic E-state index is 0.00533. The Morgan fingerprint density at radius 2 is 1.95 bits per heavy atom. The number of nitrogens with zero attached hydrogens (tertiary/aromatic N) is 2. The van der Waals surface area contributed by atoms with Gasteiger partial charge in [-0.2, -0.15) is 0 Å². The Bertz CT molecular complexity index is 1410. The molecule has 3 heterocycles. The molecule has 2 aromatic rings. The summed E-state index contributed by atoms with van der Waals surface area (Å²) in [4.78, 5) is 33.7. The number of hydrogen-bond donors (Lipinski definition) is 2. The summed E-state index contributed by atoms with van der Waals surface area (Å²) in [6.07, 6.45) is 10.8. The molecule has 0 bridgehead atoms. The summed E-state index contributed by atoms with van der Waals surface area (Å²) in [5.41, 5.74) is 4.44. The van der Waals surface area contributed by atoms with E-state index < -0.39 is 30.7 Å². The number of carbonyl (C=O) groups is 2. The van der Waals surface area contributed by atoms with Crippen LogP contribution in [0.5, 0.6) is 5.75 Å². The fourth-order valence-corrected chi connectivity index (χ4v) is 7.75. The first kappa shape index (κ1) is 28.8. The summed E-state index contributed by atoms with van der Waals surface area (Å²) < 4.78 is 20.3. The molecule has 4 atom stereocenters. The number of carbonyl (C=O) groups excluding carboxylic acids is 2. The molecule has 9 heteroatoms. The maximum atomic E-state index is 14.1. The molecule has 2 amide bonds. The monoisotopic (exact) mass is 572 g/mol. The van der Waals surface area contributed by atoms with Crippen LogP contribution in [0.2, 0.25) is 6.32 Å². The van der Waals surface area contributed by atoms with Crippen LogP contribution in [0.4, 0.5) is 4.39 Å². The highest BCUT2D eigenvalue weighted by atomic mass is 19.1. The number of aromatic hydroxyl groups is 1. The molecule has 0 radical (unpaired) electrons. The van der Waals surface area contributed by atoms with E-state index in [1.807, 2.05) is 24.3 Å². The Balaban J connectivity index is 1.29. The Morgan fingerprint density at radius 3 is 2.67 bits per heavy atom. The number of allylic oxidation sites excluding steroid dienone is 2. The number of likely N-dealkylation sites (tertiary alicyclic amines) is 1. The fraction of sp³-hybridized carbons (Fsp3) is 0.485. The smallest absolute Gasteiger partial charge is 0.455 e. The van der Waals surface area contributed by atoms with Gasteiger partial charge in [-0.3, -0.25) is 19.5 Å². The summed E-state index contributed by atoms with van der Waals surface area (Å²) in [7, 11) is -1.03. The van der Waals surface area contributed by atoms with Gasteiger partial charge in [-0.25, -0.2) is 4.39 Å². The maximum absolute atomic E-state index is 14.1. The fourth-order valence-electron chi connectivity index (χ4n) is 7.75. The molecule has 1 aromatic carbocycles. The lowest BCUT2D eigenvalue weighted by molar-refractivity contribution is -0.143. The molecule has 2 N–H and O–H groups in total. The third kappa shape index (κ3) is 5.44. The predicted octanol–water partition coefficient (Wildman–Crippen LogP) is 5.79. The number of hydrogen-bond acceptors (Lipinski definition) is 6. The van der Waals surface area contributed by atoms with Crippen molar-refractivity contribution >= 4 is 30.6 Å². The zero-order valence-corrected chi connectivity index (χ0v) is 24.0. The first-order valence-corrected chi connectivity index (χ1v) is 15.4. The number of halogens is 1. The number of rotatable bonds is 7. The highest BCUT2D eigenvalue weighted by Crippen LogP contribution is 2.52. The average molecular weight is 572 g/mol. The van der Waals surface area contributed by atoms with Crippen LogP contribution in [0.25, 0.3) is 11.6 Å². The Hall–Kier alpha value is -3.30. The van der Waals surface area contributed by atoms with Crippen LogP contribution >= 0.6 is 0 Å². The van der Waals surface area contributed by atoms with Crippen molar-refractivity contribution in [3.05, 3.63) is 70.8 Å². The molecule has 4 aliphatic rings. The van der Waals surface area contributed by atoms with Crippen LogP contribution in [-0.2, 0) is 14.2 Å². The molecule has 1 saturated carbocycles. The Labute approximate surface area is 246 Å². The summed E-state index contributed by atoms with van der Waals surface area (Å²) in [5, 5.41) is 20.5. The van der Waals surface area contributed by atoms with E-state index in [0.29, 0.717) is 31.1 Å². The number of amides is 2. The molecule has 7 nitrogen and oxygen atoms in total. The number of phenolic OH excluding ortho intramolecular Hbond substituents is 1. The number of pyridine rings is 1. The lowest BCUT2D eigenvalue weighted by Crippen LogP contribution is -2.46. The standard InChI is InChI=1S/C33H38BFN2O5/c1-2-21-18-24-31(33(40)37(32(24)39)23-8-4-3-5-9-23)25-19-34(41)42-29(30(21)25)14-12-22(27-10-6-7-15-36-27)16-20-11-13-28(38)26(35)17-20/h6-7,10-11,13,15-17,23-25,29,31,38,41H,2-5,8-9,12,14,18-19H2,1H3/b22-16-/t24-,25+,29-,31-/m1/s1. The molecular formula is C33H38BFN2O5. The third-order valence-electron chi connectivity index (χ3n) is 9.69. The van der Waals surface area contributed by atoms with Crippen LogP contribution in [0, 0.1) is 23.6 Å². The molecule has 1 aromatic heterocycles. The second-order valence-corrected chi connectivity index (χ2v) is 12.1. The summed E-state index contributed by atoms with van der Waals surface area (Å²) in [6, 6.07) is 9.88. The summed E-state index contributed by atoms with van der Waals surface area (Å²) >= 11 is 0. The van der Waals surface area contributed by atoms with E-state index in [1.54, 1.807) is 17.2 Å². The average Bonchev–Trinajstić information content (AvgIpc) is 3.26. The van der Waals surface area contributed by atoms with Gasteiger partial charge in [0.05, 0.1) is 23.6 Å². The number of phenols is 1. The van der Waals surface area contributed by atoms with Gasteiger partial charge in [0.15, 0.2) is 11.6 Å². The normalized spacial score (nSPS) is 27.0. The zero-order valence-electron chi connectivity index (χ0n) is 24.0. The second kappa shape index (κ2) is 12.1. The lowest BCUT2D eigenvalue weighted by Gasteiger charge is -2.43. The van der Waals surface area contributed by atoms with Gasteiger partial charge in [-0.15, -0.1) is 0 Å². The molecule has 2 saturated heterocycles. The van der Waals surface area contributed by atoms with Crippen molar-refractivity contribution in [1.29, 1.82) is 0 Å². The lowest BCUT2D eigenvalue weighted by atomic mass is 9.58. The van der Waals surface area contributed by atoms with E-state index in [0.717, 1.165) is 60.9 Å². The molecule has 42 heavy (non-hydrogen) atoms. The van der Waals surface area contributed by atoms with Crippen molar-refractivity contribution in [2.75, 3.05) is 0 Å². The van der Waals surface area contributed by atoms with Gasteiger partial charge in [0.25, 0.3) is 0 Å². The minimum atomic E-state index is -1.03. The van der Waals surface area contributed by atoms with Crippen LogP contribution in [0.15, 0.2) is 53.7 Å². The molecule has 0 unspecified atom stereocenters. The van der Waals surface area contributed by atoms with E-state index in [4.69, 9.17) is 4.65 Å². The predicted molar refractivity (Wildman–Crippen MR) is 158 cm³/mol. The van der Waals surface area contributed by atoms with Crippen LogP contribution in [-0.4, -0.2) is 51.1 Å². The maximum Gasteiger partial charge on any atom is 0.455 e. The van der Waals surface area contributed by atoms with Gasteiger partial charge in [0.1, 0.15) is 0 Å². The van der Waals surface area contributed by atoms with Gasteiger partial charge >= 0.3 is 7.12 Å². The minimum Gasteiger partial charge on any atom is -0.505 e. The van der Waals surface area contributed by atoms with Crippen molar-refractivity contribution in [3.63, 3.8) is 0 Å². The van der Waals surface area contributed by atoms with E-state index in [9.17, 15) is 24.1 Å². The third-order valence-corrected chi connectivity index (χ3v) is 9.69. The first-order valence-electron chi connectivity index (χ1n) is 15.4. The van der Waals surface area contributed by atoms with E-state index in [2.05, 4.69) is 11.9 Å². The van der Waals surface area contributed by atoms with Crippen molar-refractivity contribution in [1.82, 2.24) is 9.88 Å². The van der Waals surface area contributed by atoms with E-state index in [1.165, 1.54) is 12.1 Å². The summed E-state index contributed by atoms with van der Waals surface area (Å²) in [5.74, 6) is -2.23. The molecule has 3 fully saturated rings. The Morgan fingerprint density at radius 1 is 1.14 bits per heavy atom. The van der Waals surface area contributed by atoms with Crippen LogP contribution in [0.3, 0.4) is 0 Å². The molecule has 2 aliphatic heterocycles. The Kier molecular flexibility index (Phi) is 8.32. The van der Waals surface area contributed by atoms with Crippen molar-refractivity contribution in [3.8, 4) is 5.75 Å². The van der Waals surface area contributed by atoms with Crippen molar-refractivity contribution < 1.29 is 28.8 Å². The van der Waals surface area contributed by atoms with Gasteiger partial charge in [-0.1, -0.05) is 43.9 Å². The quantitative estimate of drug-likeness (QED) is 0.248. The topological polar surface area (TPSA) is 100.0 Å². The molecule has 0 spiro atoms. The second-order valence-electron chi connectivity index (χ2n) is 12.1. The van der Waals surface area contributed by atoms with Gasteiger partial charge in [0, 0.05) is 12.2 Å². The number of imide groups is 1. The van der Waals surface area contributed by atoms with Crippen molar-refractivity contribution in [2.24, 2.45) is 17.8 Å². The SMILES string of the molecule is CCC1=C2[C@@H](CC/C(=C/c3ccc(O)c(F)c3)c3ccccn3)OB(O)C[C@@H]2[C@@H]2C(=O)N(C3CCCCC3)C(=O)[C@@H]2C1. The molecule has 6 rings (SSSR count). The molecular weight excluding hydrogens is 534 g/mol. The molecule has 2 aliphatic carbocycles. The largest absolute Gasteiger partial charge is 0.505 e. The van der Waals surface area contributed by atoms with E-state index in [-0.39, 0.29) is 29.7 Å². The van der Waals surface area contributed by atoms with E-state index >= 15 is 0 Å². The molecule has 220 valence electrons. The zero-order chi connectivity index (χ0) is 29.4. The van der Waals surface area contributed by atoms with Gasteiger partial charge < -0.3 is 14.8 Å². The number of fused-ring (bicyclic) bond motifs is 3. The van der Waals surface area contributed by atoms with Crippen LogP contribution < -0.4 is 0 Å². The number of benzene rings is 1.